The zero-order valence-electron chi connectivity index (χ0n) is 27.8. The van der Waals surface area contributed by atoms with Crippen molar-refractivity contribution in [2.75, 3.05) is 24.6 Å². The van der Waals surface area contributed by atoms with Crippen LogP contribution in [0.15, 0.2) is 18.2 Å². The van der Waals surface area contributed by atoms with E-state index in [9.17, 15) is 28.9 Å². The topological polar surface area (TPSA) is 130 Å². The number of benzene rings is 1. The van der Waals surface area contributed by atoms with Crippen LogP contribution in [0.25, 0.3) is 5.65 Å². The van der Waals surface area contributed by atoms with Crippen LogP contribution in [0.2, 0.25) is 0 Å². The highest BCUT2D eigenvalue weighted by Gasteiger charge is 2.37. The normalized spacial score (nSPS) is 16.6. The van der Waals surface area contributed by atoms with Crippen LogP contribution in [0.3, 0.4) is 0 Å². The number of aliphatic carboxylic acids is 1. The number of halogens is 2. The van der Waals surface area contributed by atoms with Gasteiger partial charge in [0, 0.05) is 37.5 Å². The Hall–Kier alpha value is -3.35. The van der Waals surface area contributed by atoms with Crippen molar-refractivity contribution >= 4 is 17.4 Å². The molecule has 254 valence electrons. The van der Waals surface area contributed by atoms with Gasteiger partial charge >= 0.3 is 5.97 Å². The Morgan fingerprint density at radius 2 is 1.76 bits per heavy atom. The van der Waals surface area contributed by atoms with Gasteiger partial charge in [0.05, 0.1) is 28.6 Å². The smallest absolute Gasteiger partial charge is 0.337 e. The first-order valence-corrected chi connectivity index (χ1v) is 16.1. The monoisotopic (exact) mass is 646 g/mol. The van der Waals surface area contributed by atoms with Gasteiger partial charge in [0.1, 0.15) is 11.6 Å². The van der Waals surface area contributed by atoms with E-state index < -0.39 is 29.3 Å². The van der Waals surface area contributed by atoms with Crippen LogP contribution in [0.4, 0.5) is 14.6 Å². The second-order valence-corrected chi connectivity index (χ2v) is 13.7. The number of piperidine rings is 1. The highest BCUT2D eigenvalue weighted by molar-refractivity contribution is 5.78. The fourth-order valence-corrected chi connectivity index (χ4v) is 5.92. The summed E-state index contributed by atoms with van der Waals surface area (Å²) >= 11 is 0. The summed E-state index contributed by atoms with van der Waals surface area (Å²) in [5, 5.41) is 34.8. The van der Waals surface area contributed by atoms with Gasteiger partial charge in [-0.05, 0) is 105 Å². The lowest BCUT2D eigenvalue weighted by Gasteiger charge is -2.41. The molecule has 1 fully saturated rings. The fraction of sp³-hybridized carbons (Fsp3) is 0.618. The number of nitrogens with zero attached hydrogens (tertiary/aromatic N) is 4. The minimum absolute atomic E-state index is 0.294. The number of carboxylic acids is 1. The summed E-state index contributed by atoms with van der Waals surface area (Å²) in [6.07, 6.45) is 3.63. The number of anilines is 1. The number of fused-ring (bicyclic) bond motifs is 1. The molecular weight excluding hydrogens is 598 g/mol. The van der Waals surface area contributed by atoms with E-state index in [0.29, 0.717) is 72.9 Å². The minimum atomic E-state index is -1.28. The Labute approximate surface area is 269 Å². The number of aliphatic hydroxyl groups is 1. The molecule has 0 radical (unpaired) electrons. The van der Waals surface area contributed by atoms with E-state index in [2.05, 4.69) is 11.8 Å². The van der Waals surface area contributed by atoms with Crippen molar-refractivity contribution < 1.29 is 38.4 Å². The van der Waals surface area contributed by atoms with Gasteiger partial charge in [0.15, 0.2) is 23.4 Å². The number of carbonyl (C=O) groups is 1. The molecule has 46 heavy (non-hydrogen) atoms. The summed E-state index contributed by atoms with van der Waals surface area (Å²) in [7, 11) is 0. The molecule has 2 atom stereocenters. The number of hydrogen-bond acceptors (Lipinski definition) is 8. The molecule has 0 amide bonds. The van der Waals surface area contributed by atoms with E-state index in [1.165, 1.54) is 0 Å². The van der Waals surface area contributed by atoms with Gasteiger partial charge in [-0.25, -0.2) is 18.6 Å². The Kier molecular flexibility index (Phi) is 11.3. The molecule has 1 saturated heterocycles. The van der Waals surface area contributed by atoms with Crippen LogP contribution in [-0.4, -0.2) is 72.9 Å². The van der Waals surface area contributed by atoms with Crippen LogP contribution in [0, 0.1) is 18.6 Å². The number of aryl methyl sites for hydroxylation is 3. The Bertz CT molecular complexity index is 1510. The number of rotatable bonds is 14. The average Bonchev–Trinajstić information content (AvgIpc) is 3.35. The highest BCUT2D eigenvalue weighted by Crippen LogP contribution is 2.38. The first-order chi connectivity index (χ1) is 21.6. The number of aromatic nitrogens is 3. The number of phenolic OH excluding ortho intramolecular Hbond substituents is 1. The lowest BCUT2D eigenvalue weighted by atomic mass is 9.92. The van der Waals surface area contributed by atoms with Crippen molar-refractivity contribution in [3.8, 4) is 5.75 Å². The lowest BCUT2D eigenvalue weighted by Crippen LogP contribution is -2.46. The molecule has 0 spiro atoms. The molecule has 0 bridgehead atoms. The molecule has 0 saturated carbocycles. The van der Waals surface area contributed by atoms with Crippen molar-refractivity contribution in [1.82, 2.24) is 14.6 Å². The highest BCUT2D eigenvalue weighted by atomic mass is 19.2. The molecule has 1 aliphatic heterocycles. The van der Waals surface area contributed by atoms with E-state index in [1.807, 2.05) is 26.8 Å². The van der Waals surface area contributed by atoms with Crippen molar-refractivity contribution in [1.29, 1.82) is 0 Å². The second kappa shape index (κ2) is 14.6. The van der Waals surface area contributed by atoms with E-state index in [4.69, 9.17) is 19.6 Å². The van der Waals surface area contributed by atoms with Gasteiger partial charge in [-0.3, -0.25) is 0 Å². The maximum Gasteiger partial charge on any atom is 0.337 e. The van der Waals surface area contributed by atoms with Crippen molar-refractivity contribution in [2.24, 2.45) is 0 Å². The van der Waals surface area contributed by atoms with Crippen molar-refractivity contribution in [2.45, 2.75) is 116 Å². The number of carboxylic acid groups (broad SMARTS) is 1. The Morgan fingerprint density at radius 1 is 1.09 bits per heavy atom. The summed E-state index contributed by atoms with van der Waals surface area (Å²) in [6, 6.07) is 3.63. The molecule has 12 heteroatoms. The molecule has 2 unspecified atom stereocenters. The largest absolute Gasteiger partial charge is 0.508 e. The van der Waals surface area contributed by atoms with Gasteiger partial charge in [0.2, 0.25) is 0 Å². The Morgan fingerprint density at radius 3 is 2.39 bits per heavy atom. The number of aromatic hydroxyl groups is 1. The number of aliphatic hydroxyl groups excluding tert-OH is 1. The number of ether oxygens (including phenoxy) is 2. The van der Waals surface area contributed by atoms with Crippen LogP contribution >= 0.6 is 0 Å². The van der Waals surface area contributed by atoms with E-state index in [1.54, 1.807) is 18.4 Å². The standard InChI is InChI=1S/C34H48F2N4O6/c1-21(41)10-7-8-17-45-34(6)13-15-39(16-14-34)31-29(30(32(43)44)46-33(3,4)5)22(2)37-28-19-24(38-40(28)31)12-9-11-23-18-25(35)26(36)20-27(23)42/h18-21,30,41-42H,7-17H2,1-6H3,(H,43,44). The number of hydrogen-bond donors (Lipinski definition) is 3. The SMILES string of the molecule is Cc1nc2cc(CCCc3cc(F)c(F)cc3O)nn2c(N2CCC(C)(OCCCCC(C)O)CC2)c1C(OC(C)(C)C)C(=O)O. The quantitative estimate of drug-likeness (QED) is 0.179. The van der Waals surface area contributed by atoms with Crippen LogP contribution in [-0.2, 0) is 27.1 Å². The first-order valence-electron chi connectivity index (χ1n) is 16.1. The molecule has 4 rings (SSSR count). The van der Waals surface area contributed by atoms with Gasteiger partial charge in [0.25, 0.3) is 0 Å². The van der Waals surface area contributed by atoms with E-state index in [0.717, 1.165) is 44.2 Å². The molecule has 0 aliphatic carbocycles. The summed E-state index contributed by atoms with van der Waals surface area (Å²) in [4.78, 5) is 19.5. The summed E-state index contributed by atoms with van der Waals surface area (Å²) in [5.41, 5.74) is 1.45. The molecule has 3 aromatic rings. The van der Waals surface area contributed by atoms with Crippen molar-refractivity contribution in [3.05, 3.63) is 52.3 Å². The van der Waals surface area contributed by atoms with Gasteiger partial charge in [-0.1, -0.05) is 0 Å². The molecule has 10 nitrogen and oxygen atoms in total. The summed E-state index contributed by atoms with van der Waals surface area (Å²) in [6.45, 7) is 12.9. The molecule has 3 heterocycles. The minimum Gasteiger partial charge on any atom is -0.508 e. The predicted molar refractivity (Wildman–Crippen MR) is 170 cm³/mol. The summed E-state index contributed by atoms with van der Waals surface area (Å²) < 4.78 is 41.3. The maximum absolute atomic E-state index is 13.8. The van der Waals surface area contributed by atoms with Crippen LogP contribution in [0.1, 0.15) is 102 Å². The third-order valence-electron chi connectivity index (χ3n) is 8.40. The fourth-order valence-electron chi connectivity index (χ4n) is 5.92. The third-order valence-corrected chi connectivity index (χ3v) is 8.40. The Balaban J connectivity index is 1.62. The summed E-state index contributed by atoms with van der Waals surface area (Å²) in [5.74, 6) is -2.91. The van der Waals surface area contributed by atoms with Gasteiger partial charge in [-0.2, -0.15) is 9.61 Å². The molecular formula is C34H48F2N4O6. The lowest BCUT2D eigenvalue weighted by molar-refractivity contribution is -0.160. The zero-order valence-corrected chi connectivity index (χ0v) is 27.8. The second-order valence-electron chi connectivity index (χ2n) is 13.7. The van der Waals surface area contributed by atoms with E-state index >= 15 is 0 Å². The molecule has 3 N–H and O–H groups in total. The van der Waals surface area contributed by atoms with Crippen molar-refractivity contribution in [3.63, 3.8) is 0 Å². The van der Waals surface area contributed by atoms with E-state index in [-0.39, 0.29) is 17.5 Å². The zero-order chi connectivity index (χ0) is 33.8. The van der Waals surface area contributed by atoms with Gasteiger partial charge in [-0.15, -0.1) is 0 Å². The van der Waals surface area contributed by atoms with Crippen LogP contribution < -0.4 is 4.90 Å². The molecule has 2 aromatic heterocycles. The first kappa shape index (κ1) is 35.5. The average molecular weight is 647 g/mol. The van der Waals surface area contributed by atoms with Gasteiger partial charge < -0.3 is 29.7 Å². The van der Waals surface area contributed by atoms with Crippen LogP contribution in [0.5, 0.6) is 5.75 Å². The third kappa shape index (κ3) is 8.92. The predicted octanol–water partition coefficient (Wildman–Crippen LogP) is 6.06. The maximum atomic E-state index is 13.8. The molecule has 1 aliphatic rings. The molecule has 1 aromatic carbocycles. The number of phenols is 1. The number of unbranched alkanes of at least 4 members (excludes halogenated alkanes) is 1.